The Morgan fingerprint density at radius 3 is 2.30 bits per heavy atom. The van der Waals surface area contributed by atoms with Crippen LogP contribution in [0.4, 0.5) is 0 Å². The molecular weight excluding hydrogens is 299 g/mol. The van der Waals surface area contributed by atoms with E-state index < -0.39 is 0 Å². The zero-order valence-electron chi connectivity index (χ0n) is 14.7. The van der Waals surface area contributed by atoms with Crippen molar-refractivity contribution in [2.75, 3.05) is 0 Å². The minimum Gasteiger partial charge on any atom is -0.301 e. The molecule has 3 heteroatoms. The van der Waals surface area contributed by atoms with Gasteiger partial charge in [0.15, 0.2) is 0 Å². The van der Waals surface area contributed by atoms with Crippen LogP contribution in [0, 0.1) is 0 Å². The SMILES string of the molecule is CC(C)(C)c1pc2c(C(C)(C)C)nc3cccc4ccc1n2c43. The second-order valence-electron chi connectivity index (χ2n) is 8.51. The lowest BCUT2D eigenvalue weighted by atomic mass is 9.92. The standard InChI is InChI=1S/C20H23N2P/c1-19(2,3)16-18-22-14(17(23-18)20(4,5)6)11-10-12-8-7-9-13(21-16)15(12)22/h7-11H,1-6H3. The van der Waals surface area contributed by atoms with E-state index in [0.717, 1.165) is 5.52 Å². The molecule has 4 aromatic rings. The first-order valence-electron chi connectivity index (χ1n) is 8.22. The van der Waals surface area contributed by atoms with Gasteiger partial charge in [-0.1, -0.05) is 59.7 Å². The number of nitrogens with zero attached hydrogens (tertiary/aromatic N) is 2. The molecule has 0 saturated carbocycles. The molecule has 0 amide bonds. The van der Waals surface area contributed by atoms with Gasteiger partial charge in [0.2, 0.25) is 0 Å². The van der Waals surface area contributed by atoms with Crippen molar-refractivity contribution in [3.05, 3.63) is 41.3 Å². The van der Waals surface area contributed by atoms with E-state index >= 15 is 0 Å². The van der Waals surface area contributed by atoms with Crippen LogP contribution in [0.25, 0.3) is 27.2 Å². The molecule has 0 bridgehead atoms. The van der Waals surface area contributed by atoms with Crippen molar-refractivity contribution in [1.29, 1.82) is 0 Å². The summed E-state index contributed by atoms with van der Waals surface area (Å²) in [4.78, 5) is 5.08. The van der Waals surface area contributed by atoms with E-state index in [1.165, 1.54) is 40.8 Å². The van der Waals surface area contributed by atoms with Crippen LogP contribution in [0.2, 0.25) is 0 Å². The lowest BCUT2D eigenvalue weighted by Crippen LogP contribution is -2.15. The maximum Gasteiger partial charge on any atom is 0.0961 e. The molecule has 0 N–H and O–H groups in total. The predicted octanol–water partition coefficient (Wildman–Crippen LogP) is 6.25. The highest BCUT2D eigenvalue weighted by Gasteiger charge is 2.27. The summed E-state index contributed by atoms with van der Waals surface area (Å²) in [6.45, 7) is 13.7. The maximum absolute atomic E-state index is 5.08. The third-order valence-corrected chi connectivity index (χ3v) is 6.22. The highest BCUT2D eigenvalue weighted by Crippen LogP contribution is 2.44. The highest BCUT2D eigenvalue weighted by molar-refractivity contribution is 7.37. The number of benzene rings is 1. The second-order valence-corrected chi connectivity index (χ2v) is 9.61. The molecule has 0 spiro atoms. The predicted molar refractivity (Wildman–Crippen MR) is 101 cm³/mol. The molecule has 0 fully saturated rings. The minimum absolute atomic E-state index is 0.0373. The van der Waals surface area contributed by atoms with E-state index in [1.54, 1.807) is 0 Å². The van der Waals surface area contributed by atoms with Gasteiger partial charge in [0.05, 0.1) is 27.5 Å². The first kappa shape index (κ1) is 14.9. The van der Waals surface area contributed by atoms with Crippen molar-refractivity contribution in [2.45, 2.75) is 52.4 Å². The maximum atomic E-state index is 5.08. The Balaban J connectivity index is 2.32. The van der Waals surface area contributed by atoms with E-state index in [-0.39, 0.29) is 10.8 Å². The molecule has 23 heavy (non-hydrogen) atoms. The first-order valence-corrected chi connectivity index (χ1v) is 9.11. The molecule has 4 rings (SSSR count). The summed E-state index contributed by atoms with van der Waals surface area (Å²) in [5.74, 6) is 0. The Morgan fingerprint density at radius 1 is 0.913 bits per heavy atom. The second kappa shape index (κ2) is 4.45. The highest BCUT2D eigenvalue weighted by atomic mass is 31.0. The molecule has 118 valence electrons. The van der Waals surface area contributed by atoms with Crippen molar-refractivity contribution in [2.24, 2.45) is 0 Å². The number of pyridine rings is 1. The summed E-state index contributed by atoms with van der Waals surface area (Å²) in [5, 5.41) is 4.11. The molecule has 0 atom stereocenters. The fraction of sp³-hybridized carbons (Fsp3) is 0.400. The van der Waals surface area contributed by atoms with Crippen molar-refractivity contribution < 1.29 is 0 Å². The van der Waals surface area contributed by atoms with Gasteiger partial charge in [-0.25, -0.2) is 4.98 Å². The molecule has 0 aliphatic carbocycles. The van der Waals surface area contributed by atoms with Crippen LogP contribution < -0.4 is 0 Å². The summed E-state index contributed by atoms with van der Waals surface area (Å²) in [5.41, 5.74) is 5.13. The first-order chi connectivity index (χ1) is 10.7. The molecule has 3 heterocycles. The largest absolute Gasteiger partial charge is 0.301 e. The minimum atomic E-state index is 0.0373. The van der Waals surface area contributed by atoms with E-state index in [1.807, 2.05) is 0 Å². The van der Waals surface area contributed by atoms with E-state index in [4.69, 9.17) is 4.98 Å². The lowest BCUT2D eigenvalue weighted by Gasteiger charge is -2.21. The van der Waals surface area contributed by atoms with E-state index in [2.05, 4.69) is 76.3 Å². The molecule has 2 nitrogen and oxygen atoms in total. The third-order valence-electron chi connectivity index (χ3n) is 4.47. The van der Waals surface area contributed by atoms with Crippen LogP contribution in [-0.4, -0.2) is 9.38 Å². The number of aromatic nitrogens is 2. The number of hydrogen-bond donors (Lipinski definition) is 0. The normalized spacial score (nSPS) is 14.0. The van der Waals surface area contributed by atoms with Crippen LogP contribution in [0.1, 0.15) is 52.5 Å². The monoisotopic (exact) mass is 322 g/mol. The van der Waals surface area contributed by atoms with Gasteiger partial charge in [-0.15, -0.1) is 0 Å². The fourth-order valence-corrected chi connectivity index (χ4v) is 5.02. The third kappa shape index (κ3) is 2.08. The van der Waals surface area contributed by atoms with Crippen molar-refractivity contribution >= 4 is 35.4 Å². The van der Waals surface area contributed by atoms with Gasteiger partial charge in [0.25, 0.3) is 0 Å². The molecule has 3 aromatic heterocycles. The Kier molecular flexibility index (Phi) is 2.88. The molecule has 0 unspecified atom stereocenters. The topological polar surface area (TPSA) is 17.3 Å². The van der Waals surface area contributed by atoms with Crippen LogP contribution >= 0.6 is 8.19 Å². The summed E-state index contributed by atoms with van der Waals surface area (Å²) >= 11 is 0. The van der Waals surface area contributed by atoms with Gasteiger partial charge in [0.1, 0.15) is 0 Å². The smallest absolute Gasteiger partial charge is 0.0961 e. The zero-order valence-corrected chi connectivity index (χ0v) is 15.6. The van der Waals surface area contributed by atoms with E-state index in [0.29, 0.717) is 0 Å². The van der Waals surface area contributed by atoms with Crippen LogP contribution in [0.5, 0.6) is 0 Å². The molecule has 0 saturated heterocycles. The van der Waals surface area contributed by atoms with E-state index in [9.17, 15) is 0 Å². The van der Waals surface area contributed by atoms with Gasteiger partial charge in [-0.2, -0.15) is 0 Å². The number of hydrogen-bond acceptors (Lipinski definition) is 1. The summed E-state index contributed by atoms with van der Waals surface area (Å²) in [7, 11) is 1.31. The average molecular weight is 322 g/mol. The van der Waals surface area contributed by atoms with Crippen LogP contribution in [0.15, 0.2) is 30.3 Å². The number of para-hydroxylation sites is 1. The Bertz CT molecular complexity index is 1030. The lowest BCUT2D eigenvalue weighted by molar-refractivity contribution is 0.576. The molecule has 1 aromatic carbocycles. The van der Waals surface area contributed by atoms with Gasteiger partial charge >= 0.3 is 0 Å². The van der Waals surface area contributed by atoms with Gasteiger partial charge in [0, 0.05) is 16.1 Å². The average Bonchev–Trinajstić information content (AvgIpc) is 2.84. The Morgan fingerprint density at radius 2 is 1.65 bits per heavy atom. The number of rotatable bonds is 0. The van der Waals surface area contributed by atoms with Crippen LogP contribution in [0.3, 0.4) is 0 Å². The summed E-state index contributed by atoms with van der Waals surface area (Å²) in [6, 6.07) is 11.0. The van der Waals surface area contributed by atoms with Gasteiger partial charge in [-0.05, 0) is 25.7 Å². The zero-order chi connectivity index (χ0) is 16.6. The summed E-state index contributed by atoms with van der Waals surface area (Å²) in [6.07, 6.45) is 0. The quantitative estimate of drug-likeness (QED) is 0.374. The Labute approximate surface area is 139 Å². The molecule has 0 radical (unpaired) electrons. The molecule has 0 aliphatic heterocycles. The summed E-state index contributed by atoms with van der Waals surface area (Å²) < 4.78 is 2.47. The van der Waals surface area contributed by atoms with Gasteiger partial charge in [-0.3, -0.25) is 0 Å². The molecular formula is C20H23N2P. The van der Waals surface area contributed by atoms with Crippen LogP contribution in [-0.2, 0) is 10.8 Å². The molecule has 0 aliphatic rings. The van der Waals surface area contributed by atoms with Gasteiger partial charge < -0.3 is 4.40 Å². The fourth-order valence-electron chi connectivity index (χ4n) is 3.38. The Hall–Kier alpha value is -1.66. The van der Waals surface area contributed by atoms with Crippen molar-refractivity contribution in [3.8, 4) is 0 Å². The van der Waals surface area contributed by atoms with Crippen molar-refractivity contribution in [1.82, 2.24) is 9.38 Å². The van der Waals surface area contributed by atoms with Crippen molar-refractivity contribution in [3.63, 3.8) is 0 Å².